The lowest BCUT2D eigenvalue weighted by molar-refractivity contribution is 0.404. The van der Waals surface area contributed by atoms with Crippen LogP contribution < -0.4 is 10.1 Å². The standard InChI is InChI=1S/C17H20N2O/c1-20-14-5-2-10(8-18)6-13(14)9-19-17-15-11-3-4-12(7-11)16(15)17/h2,5-6,11-12,15-17,19H,3-4,7,9H2,1H3. The highest BCUT2D eigenvalue weighted by Crippen LogP contribution is 2.65. The number of nitrogens with one attached hydrogen (secondary N) is 1. The van der Waals surface area contributed by atoms with Crippen molar-refractivity contribution in [3.8, 4) is 11.8 Å². The monoisotopic (exact) mass is 268 g/mol. The summed E-state index contributed by atoms with van der Waals surface area (Å²) in [5.74, 6) is 4.76. The van der Waals surface area contributed by atoms with Gasteiger partial charge in [-0.05, 0) is 61.1 Å². The maximum Gasteiger partial charge on any atom is 0.123 e. The zero-order valence-corrected chi connectivity index (χ0v) is 11.8. The lowest BCUT2D eigenvalue weighted by Crippen LogP contribution is -2.22. The third-order valence-corrected chi connectivity index (χ3v) is 5.67. The number of ether oxygens (including phenoxy) is 1. The highest BCUT2D eigenvalue weighted by molar-refractivity contribution is 5.42. The summed E-state index contributed by atoms with van der Waals surface area (Å²) >= 11 is 0. The molecule has 104 valence electrons. The van der Waals surface area contributed by atoms with Crippen LogP contribution in [0.2, 0.25) is 0 Å². The minimum atomic E-state index is 0.707. The number of fused-ring (bicyclic) bond motifs is 5. The van der Waals surface area contributed by atoms with E-state index in [1.807, 2.05) is 18.2 Å². The van der Waals surface area contributed by atoms with Crippen molar-refractivity contribution >= 4 is 0 Å². The average molecular weight is 268 g/mol. The molecular formula is C17H20N2O. The summed E-state index contributed by atoms with van der Waals surface area (Å²) in [7, 11) is 1.69. The molecule has 2 bridgehead atoms. The minimum Gasteiger partial charge on any atom is -0.496 e. The predicted molar refractivity (Wildman–Crippen MR) is 76.1 cm³/mol. The Morgan fingerprint density at radius 1 is 1.30 bits per heavy atom. The quantitative estimate of drug-likeness (QED) is 0.913. The second kappa shape index (κ2) is 4.49. The maximum absolute atomic E-state index is 9.01. The van der Waals surface area contributed by atoms with E-state index in [2.05, 4.69) is 11.4 Å². The second-order valence-corrected chi connectivity index (χ2v) is 6.53. The fraction of sp³-hybridized carbons (Fsp3) is 0.588. The first-order chi connectivity index (χ1) is 9.81. The first-order valence-corrected chi connectivity index (χ1v) is 7.62. The second-order valence-electron chi connectivity index (χ2n) is 6.53. The molecule has 0 saturated heterocycles. The molecule has 3 saturated carbocycles. The molecular weight excluding hydrogens is 248 g/mol. The molecule has 0 aromatic heterocycles. The SMILES string of the molecule is COc1ccc(C#N)cc1CNC1C2C3CCC(C3)C12. The molecule has 0 aliphatic heterocycles. The summed E-state index contributed by atoms with van der Waals surface area (Å²) < 4.78 is 5.40. The van der Waals surface area contributed by atoms with Gasteiger partial charge in [0.05, 0.1) is 18.7 Å². The van der Waals surface area contributed by atoms with Crippen molar-refractivity contribution in [1.82, 2.24) is 5.32 Å². The molecule has 3 fully saturated rings. The maximum atomic E-state index is 9.01. The van der Waals surface area contributed by atoms with Gasteiger partial charge < -0.3 is 10.1 Å². The van der Waals surface area contributed by atoms with E-state index < -0.39 is 0 Å². The summed E-state index contributed by atoms with van der Waals surface area (Å²) in [6, 6.07) is 8.57. The highest BCUT2D eigenvalue weighted by atomic mass is 16.5. The van der Waals surface area contributed by atoms with E-state index in [1.165, 1.54) is 19.3 Å². The van der Waals surface area contributed by atoms with Crippen LogP contribution in [-0.4, -0.2) is 13.2 Å². The lowest BCUT2D eigenvalue weighted by Gasteiger charge is -2.13. The highest BCUT2D eigenvalue weighted by Gasteiger charge is 2.64. The number of nitrogens with zero attached hydrogens (tertiary/aromatic N) is 1. The van der Waals surface area contributed by atoms with Gasteiger partial charge in [0.1, 0.15) is 5.75 Å². The van der Waals surface area contributed by atoms with Crippen LogP contribution in [0.15, 0.2) is 18.2 Å². The van der Waals surface area contributed by atoms with Gasteiger partial charge in [-0.25, -0.2) is 0 Å². The summed E-state index contributed by atoms with van der Waals surface area (Å²) in [4.78, 5) is 0. The first-order valence-electron chi connectivity index (χ1n) is 7.62. The number of benzene rings is 1. The van der Waals surface area contributed by atoms with Crippen LogP contribution in [0.25, 0.3) is 0 Å². The van der Waals surface area contributed by atoms with E-state index in [9.17, 15) is 0 Å². The fourth-order valence-corrected chi connectivity index (χ4v) is 4.81. The van der Waals surface area contributed by atoms with E-state index in [0.29, 0.717) is 5.56 Å². The molecule has 0 radical (unpaired) electrons. The number of methoxy groups -OCH3 is 1. The Hall–Kier alpha value is -1.53. The lowest BCUT2D eigenvalue weighted by atomic mass is 10.0. The van der Waals surface area contributed by atoms with Crippen LogP contribution >= 0.6 is 0 Å². The predicted octanol–water partition coefficient (Wildman–Crippen LogP) is 2.70. The van der Waals surface area contributed by atoms with Crippen molar-refractivity contribution in [2.24, 2.45) is 23.7 Å². The Balaban J connectivity index is 1.44. The average Bonchev–Trinajstić information content (AvgIpc) is 2.87. The van der Waals surface area contributed by atoms with Gasteiger partial charge >= 0.3 is 0 Å². The van der Waals surface area contributed by atoms with Crippen LogP contribution in [0.4, 0.5) is 0 Å². The van der Waals surface area contributed by atoms with E-state index in [4.69, 9.17) is 10.00 Å². The molecule has 1 aromatic carbocycles. The molecule has 0 heterocycles. The van der Waals surface area contributed by atoms with Crippen molar-refractivity contribution in [2.45, 2.75) is 31.8 Å². The Kier molecular flexibility index (Phi) is 2.75. The molecule has 1 aromatic rings. The smallest absolute Gasteiger partial charge is 0.123 e. The van der Waals surface area contributed by atoms with Crippen molar-refractivity contribution in [3.05, 3.63) is 29.3 Å². The number of nitriles is 1. The Bertz CT molecular complexity index is 561. The molecule has 20 heavy (non-hydrogen) atoms. The van der Waals surface area contributed by atoms with Crippen molar-refractivity contribution < 1.29 is 4.74 Å². The molecule has 0 amide bonds. The van der Waals surface area contributed by atoms with Gasteiger partial charge in [0.2, 0.25) is 0 Å². The Labute approximate surface area is 119 Å². The molecule has 1 N–H and O–H groups in total. The third-order valence-electron chi connectivity index (χ3n) is 5.67. The van der Waals surface area contributed by atoms with Crippen LogP contribution in [0.1, 0.15) is 30.4 Å². The van der Waals surface area contributed by atoms with Crippen molar-refractivity contribution in [3.63, 3.8) is 0 Å². The van der Waals surface area contributed by atoms with Crippen LogP contribution in [0, 0.1) is 35.0 Å². The molecule has 3 nitrogen and oxygen atoms in total. The van der Waals surface area contributed by atoms with Gasteiger partial charge in [0.25, 0.3) is 0 Å². The van der Waals surface area contributed by atoms with E-state index >= 15 is 0 Å². The van der Waals surface area contributed by atoms with Gasteiger partial charge in [-0.1, -0.05) is 0 Å². The minimum absolute atomic E-state index is 0.707. The summed E-state index contributed by atoms with van der Waals surface area (Å²) in [6.45, 7) is 0.815. The van der Waals surface area contributed by atoms with E-state index in [-0.39, 0.29) is 0 Å². The van der Waals surface area contributed by atoms with Crippen molar-refractivity contribution in [1.29, 1.82) is 5.26 Å². The number of rotatable bonds is 4. The Morgan fingerprint density at radius 3 is 2.70 bits per heavy atom. The van der Waals surface area contributed by atoms with Crippen LogP contribution in [0.3, 0.4) is 0 Å². The van der Waals surface area contributed by atoms with Crippen molar-refractivity contribution in [2.75, 3.05) is 7.11 Å². The summed E-state index contributed by atoms with van der Waals surface area (Å²) in [5.41, 5.74) is 1.81. The van der Waals surface area contributed by atoms with E-state index in [1.54, 1.807) is 7.11 Å². The molecule has 3 aliphatic rings. The van der Waals surface area contributed by atoms with Gasteiger partial charge in [0.15, 0.2) is 0 Å². The zero-order chi connectivity index (χ0) is 13.7. The topological polar surface area (TPSA) is 45.0 Å². The number of hydrogen-bond acceptors (Lipinski definition) is 3. The summed E-state index contributed by atoms with van der Waals surface area (Å²) in [6.07, 6.45) is 4.40. The van der Waals surface area contributed by atoms with Gasteiger partial charge in [0, 0.05) is 18.2 Å². The molecule has 3 heteroatoms. The third kappa shape index (κ3) is 1.75. The number of hydrogen-bond donors (Lipinski definition) is 1. The molecule has 0 spiro atoms. The summed E-state index contributed by atoms with van der Waals surface area (Å²) in [5, 5.41) is 12.7. The largest absolute Gasteiger partial charge is 0.496 e. The fourth-order valence-electron chi connectivity index (χ4n) is 4.81. The van der Waals surface area contributed by atoms with Crippen LogP contribution in [0.5, 0.6) is 5.75 Å². The first kappa shape index (κ1) is 12.2. The Morgan fingerprint density at radius 2 is 2.05 bits per heavy atom. The van der Waals surface area contributed by atoms with Gasteiger partial charge in [-0.15, -0.1) is 0 Å². The molecule has 4 rings (SSSR count). The normalized spacial score (nSPS) is 36.5. The van der Waals surface area contributed by atoms with Crippen LogP contribution in [-0.2, 0) is 6.54 Å². The van der Waals surface area contributed by atoms with Gasteiger partial charge in [-0.3, -0.25) is 0 Å². The van der Waals surface area contributed by atoms with E-state index in [0.717, 1.165) is 47.6 Å². The zero-order valence-electron chi connectivity index (χ0n) is 11.8. The molecule has 3 aliphatic carbocycles. The molecule has 4 unspecified atom stereocenters. The molecule has 4 atom stereocenters. The van der Waals surface area contributed by atoms with Gasteiger partial charge in [-0.2, -0.15) is 5.26 Å².